The van der Waals surface area contributed by atoms with Crippen LogP contribution in [-0.4, -0.2) is 54.8 Å². The maximum Gasteiger partial charge on any atom is 0.233 e. The number of fused-ring (bicyclic) bond motifs is 1. The van der Waals surface area contributed by atoms with Crippen molar-refractivity contribution >= 4 is 28.8 Å². The Kier molecular flexibility index (Phi) is 4.39. The monoisotopic (exact) mass is 358 g/mol. The highest BCUT2D eigenvalue weighted by Gasteiger charge is 2.27. The fourth-order valence-electron chi connectivity index (χ4n) is 3.00. The van der Waals surface area contributed by atoms with E-state index in [2.05, 4.69) is 20.5 Å². The molecule has 3 heterocycles. The van der Waals surface area contributed by atoms with Crippen LogP contribution in [0, 0.1) is 0 Å². The van der Waals surface area contributed by atoms with Crippen LogP contribution >= 0.6 is 11.8 Å². The van der Waals surface area contributed by atoms with Crippen LogP contribution in [0.25, 0.3) is 11.1 Å². The molecule has 0 aliphatic carbocycles. The van der Waals surface area contributed by atoms with Gasteiger partial charge in [-0.2, -0.15) is 0 Å². The first-order valence-electron chi connectivity index (χ1n) is 8.19. The molecule has 0 atom stereocenters. The number of carbonyl (C=O) groups excluding carboxylic acids is 1. The number of hydrogen-bond acceptors (Lipinski definition) is 7. The van der Waals surface area contributed by atoms with Crippen molar-refractivity contribution in [1.29, 1.82) is 0 Å². The van der Waals surface area contributed by atoms with Crippen LogP contribution < -0.4 is 0 Å². The molecule has 130 valence electrons. The molecule has 9 heteroatoms. The van der Waals surface area contributed by atoms with Gasteiger partial charge < -0.3 is 9.32 Å². The molecule has 8 nitrogen and oxygen atoms in total. The number of amides is 1. The van der Waals surface area contributed by atoms with Gasteiger partial charge in [0, 0.05) is 26.1 Å². The van der Waals surface area contributed by atoms with Crippen molar-refractivity contribution in [2.45, 2.75) is 23.9 Å². The van der Waals surface area contributed by atoms with Gasteiger partial charge >= 0.3 is 0 Å². The minimum Gasteiger partial charge on any atom is -0.440 e. The van der Waals surface area contributed by atoms with E-state index in [1.807, 2.05) is 29.2 Å². The summed E-state index contributed by atoms with van der Waals surface area (Å²) >= 11 is 1.36. The Morgan fingerprint density at radius 3 is 2.84 bits per heavy atom. The summed E-state index contributed by atoms with van der Waals surface area (Å²) in [4.78, 5) is 18.9. The van der Waals surface area contributed by atoms with Crippen molar-refractivity contribution in [2.75, 3.05) is 18.8 Å². The summed E-state index contributed by atoms with van der Waals surface area (Å²) in [5.41, 5.74) is 1.72. The first kappa shape index (κ1) is 16.1. The largest absolute Gasteiger partial charge is 0.440 e. The molecule has 4 rings (SSSR count). The zero-order valence-corrected chi connectivity index (χ0v) is 14.6. The molecular weight excluding hydrogens is 340 g/mol. The molecule has 2 aromatic heterocycles. The molecule has 1 amide bonds. The first-order valence-corrected chi connectivity index (χ1v) is 9.17. The van der Waals surface area contributed by atoms with Crippen molar-refractivity contribution < 1.29 is 9.21 Å². The first-order chi connectivity index (χ1) is 12.2. The highest BCUT2D eigenvalue weighted by atomic mass is 32.2. The topological polar surface area (TPSA) is 89.9 Å². The number of carbonyl (C=O) groups is 1. The SMILES string of the molecule is Cn1nnnc1SCC(=O)N1CCC(c2nc3ccccc3o2)CC1. The summed E-state index contributed by atoms with van der Waals surface area (Å²) in [5.74, 6) is 1.52. The number of hydrogen-bond donors (Lipinski definition) is 0. The molecule has 1 fully saturated rings. The molecule has 0 saturated carbocycles. The fourth-order valence-corrected chi connectivity index (χ4v) is 3.75. The normalized spacial score (nSPS) is 15.8. The Morgan fingerprint density at radius 2 is 2.12 bits per heavy atom. The zero-order valence-electron chi connectivity index (χ0n) is 13.8. The van der Waals surface area contributed by atoms with Gasteiger partial charge in [-0.25, -0.2) is 9.67 Å². The van der Waals surface area contributed by atoms with E-state index in [9.17, 15) is 4.79 Å². The van der Waals surface area contributed by atoms with Gasteiger partial charge in [0.25, 0.3) is 0 Å². The highest BCUT2D eigenvalue weighted by molar-refractivity contribution is 7.99. The Labute approximate surface area is 148 Å². The van der Waals surface area contributed by atoms with E-state index >= 15 is 0 Å². The van der Waals surface area contributed by atoms with Gasteiger partial charge in [-0.3, -0.25) is 4.79 Å². The third-order valence-corrected chi connectivity index (χ3v) is 5.41. The standard InChI is InChI=1S/C16H18N6O2S/c1-21-16(18-19-20-21)25-10-14(23)22-8-6-11(7-9-22)15-17-12-4-2-3-5-13(12)24-15/h2-5,11H,6-10H2,1H3. The molecule has 1 aromatic carbocycles. The van der Waals surface area contributed by atoms with Crippen LogP contribution in [0.2, 0.25) is 0 Å². The molecule has 0 spiro atoms. The van der Waals surface area contributed by atoms with E-state index in [1.54, 1.807) is 11.7 Å². The van der Waals surface area contributed by atoms with Gasteiger partial charge in [-0.15, -0.1) is 5.10 Å². The van der Waals surface area contributed by atoms with Crippen LogP contribution in [0.4, 0.5) is 0 Å². The van der Waals surface area contributed by atoms with E-state index in [0.717, 1.165) is 42.9 Å². The molecular formula is C16H18N6O2S. The number of benzene rings is 1. The number of oxazole rings is 1. The third-order valence-electron chi connectivity index (χ3n) is 4.41. The average Bonchev–Trinajstić information content (AvgIpc) is 3.25. The van der Waals surface area contributed by atoms with Crippen LogP contribution in [0.1, 0.15) is 24.7 Å². The Hall–Kier alpha value is -2.42. The van der Waals surface area contributed by atoms with Gasteiger partial charge in [0.15, 0.2) is 11.5 Å². The minimum atomic E-state index is 0.115. The quantitative estimate of drug-likeness (QED) is 0.657. The third kappa shape index (κ3) is 3.37. The maximum atomic E-state index is 12.4. The van der Waals surface area contributed by atoms with E-state index < -0.39 is 0 Å². The van der Waals surface area contributed by atoms with Gasteiger partial charge in [0.1, 0.15) is 5.52 Å². The molecule has 0 bridgehead atoms. The summed E-state index contributed by atoms with van der Waals surface area (Å²) in [6.07, 6.45) is 1.74. The van der Waals surface area contributed by atoms with Crippen molar-refractivity contribution in [3.63, 3.8) is 0 Å². The van der Waals surface area contributed by atoms with E-state index in [1.165, 1.54) is 11.8 Å². The summed E-state index contributed by atoms with van der Waals surface area (Å²) < 4.78 is 7.44. The van der Waals surface area contributed by atoms with Gasteiger partial charge in [-0.1, -0.05) is 23.9 Å². The molecule has 1 saturated heterocycles. The molecule has 25 heavy (non-hydrogen) atoms. The minimum absolute atomic E-state index is 0.115. The number of tetrazole rings is 1. The number of likely N-dealkylation sites (tertiary alicyclic amines) is 1. The van der Waals surface area contributed by atoms with Gasteiger partial charge in [0.2, 0.25) is 11.1 Å². The van der Waals surface area contributed by atoms with Crippen LogP contribution in [-0.2, 0) is 11.8 Å². The predicted octanol–water partition coefficient (Wildman–Crippen LogP) is 1.85. The second-order valence-corrected chi connectivity index (χ2v) is 6.99. The lowest BCUT2D eigenvalue weighted by atomic mass is 9.97. The molecule has 0 unspecified atom stereocenters. The number of nitrogens with zero attached hydrogens (tertiary/aromatic N) is 6. The number of aromatic nitrogens is 5. The Balaban J connectivity index is 1.33. The van der Waals surface area contributed by atoms with E-state index in [0.29, 0.717) is 10.9 Å². The number of rotatable bonds is 4. The second-order valence-electron chi connectivity index (χ2n) is 6.05. The lowest BCUT2D eigenvalue weighted by Gasteiger charge is -2.30. The average molecular weight is 358 g/mol. The van der Waals surface area contributed by atoms with Crippen molar-refractivity contribution in [3.8, 4) is 0 Å². The van der Waals surface area contributed by atoms with Crippen molar-refractivity contribution in [2.24, 2.45) is 7.05 Å². The number of para-hydroxylation sites is 2. The second kappa shape index (κ2) is 6.83. The van der Waals surface area contributed by atoms with E-state index in [4.69, 9.17) is 4.42 Å². The van der Waals surface area contributed by atoms with Gasteiger partial charge in [-0.05, 0) is 35.4 Å². The molecule has 0 N–H and O–H groups in total. The Bertz CT molecular complexity index is 851. The molecule has 1 aliphatic rings. The van der Waals surface area contributed by atoms with Crippen LogP contribution in [0.5, 0.6) is 0 Å². The zero-order chi connectivity index (χ0) is 17.2. The summed E-state index contributed by atoms with van der Waals surface area (Å²) in [6.45, 7) is 1.44. The van der Waals surface area contributed by atoms with Gasteiger partial charge in [0.05, 0.1) is 5.75 Å². The Morgan fingerprint density at radius 1 is 1.32 bits per heavy atom. The number of piperidine rings is 1. The highest BCUT2D eigenvalue weighted by Crippen LogP contribution is 2.30. The summed E-state index contributed by atoms with van der Waals surface area (Å²) in [7, 11) is 1.76. The molecule has 0 radical (unpaired) electrons. The number of aryl methyl sites for hydroxylation is 1. The fraction of sp³-hybridized carbons (Fsp3) is 0.438. The van der Waals surface area contributed by atoms with Crippen molar-refractivity contribution in [1.82, 2.24) is 30.1 Å². The van der Waals surface area contributed by atoms with Crippen LogP contribution in [0.15, 0.2) is 33.8 Å². The predicted molar refractivity (Wildman–Crippen MR) is 92.1 cm³/mol. The number of thioether (sulfide) groups is 1. The molecule has 3 aromatic rings. The van der Waals surface area contributed by atoms with Crippen molar-refractivity contribution in [3.05, 3.63) is 30.2 Å². The molecule has 1 aliphatic heterocycles. The van der Waals surface area contributed by atoms with Crippen LogP contribution in [0.3, 0.4) is 0 Å². The van der Waals surface area contributed by atoms with E-state index in [-0.39, 0.29) is 11.8 Å². The maximum absolute atomic E-state index is 12.4. The summed E-state index contributed by atoms with van der Waals surface area (Å²) in [6, 6.07) is 7.80. The smallest absolute Gasteiger partial charge is 0.233 e. The lowest BCUT2D eigenvalue weighted by Crippen LogP contribution is -2.39. The lowest BCUT2D eigenvalue weighted by molar-refractivity contribution is -0.129. The summed E-state index contributed by atoms with van der Waals surface area (Å²) in [5, 5.41) is 11.9.